The van der Waals surface area contributed by atoms with E-state index in [1.807, 2.05) is 49.4 Å². The van der Waals surface area contributed by atoms with Gasteiger partial charge in [0.05, 0.1) is 6.04 Å². The minimum Gasteiger partial charge on any atom is -0.384 e. The van der Waals surface area contributed by atoms with Crippen LogP contribution in [0.15, 0.2) is 54.6 Å². The third kappa shape index (κ3) is 3.07. The second-order valence-corrected chi connectivity index (χ2v) is 5.57. The maximum Gasteiger partial charge on any atom is 0.221 e. The molecule has 3 rings (SSSR count). The highest BCUT2D eigenvalue weighted by atomic mass is 16.1. The normalized spacial score (nSPS) is 17.7. The van der Waals surface area contributed by atoms with Crippen molar-refractivity contribution in [1.82, 2.24) is 5.32 Å². The Labute approximate surface area is 125 Å². The van der Waals surface area contributed by atoms with Crippen molar-refractivity contribution >= 4 is 11.6 Å². The molecule has 0 aliphatic carbocycles. The average Bonchev–Trinajstić information content (AvgIpc) is 2.91. The summed E-state index contributed by atoms with van der Waals surface area (Å²) in [6.45, 7) is 2.86. The van der Waals surface area contributed by atoms with Gasteiger partial charge in [-0.2, -0.15) is 0 Å². The Morgan fingerprint density at radius 3 is 2.71 bits per heavy atom. The number of anilines is 1. The van der Waals surface area contributed by atoms with E-state index >= 15 is 0 Å². The van der Waals surface area contributed by atoms with Crippen LogP contribution in [0.3, 0.4) is 0 Å². The molecule has 3 nitrogen and oxygen atoms in total. The van der Waals surface area contributed by atoms with Gasteiger partial charge in [-0.15, -0.1) is 0 Å². The molecular formula is C18H20N2O. The number of hydrogen-bond acceptors (Lipinski definition) is 2. The number of carbonyl (C=O) groups is 1. The van der Waals surface area contributed by atoms with Gasteiger partial charge in [0, 0.05) is 24.6 Å². The fraction of sp³-hybridized carbons (Fsp3) is 0.278. The van der Waals surface area contributed by atoms with Crippen LogP contribution in [0.1, 0.15) is 36.4 Å². The van der Waals surface area contributed by atoms with Gasteiger partial charge in [-0.25, -0.2) is 0 Å². The molecule has 2 aromatic rings. The lowest BCUT2D eigenvalue weighted by Crippen LogP contribution is -2.28. The molecule has 0 fully saturated rings. The van der Waals surface area contributed by atoms with Crippen LogP contribution in [0.2, 0.25) is 0 Å². The van der Waals surface area contributed by atoms with Crippen LogP contribution in [-0.2, 0) is 4.79 Å². The maximum absolute atomic E-state index is 12.3. The number of amides is 1. The van der Waals surface area contributed by atoms with Crippen LogP contribution in [0.4, 0.5) is 5.69 Å². The molecule has 1 aliphatic heterocycles. The van der Waals surface area contributed by atoms with Crippen molar-refractivity contribution in [3.8, 4) is 0 Å². The second-order valence-electron chi connectivity index (χ2n) is 5.57. The summed E-state index contributed by atoms with van der Waals surface area (Å²) >= 11 is 0. The number of para-hydroxylation sites is 1. The average molecular weight is 280 g/mol. The van der Waals surface area contributed by atoms with Gasteiger partial charge in [-0.05, 0) is 24.1 Å². The van der Waals surface area contributed by atoms with Gasteiger partial charge < -0.3 is 10.6 Å². The molecule has 1 heterocycles. The predicted molar refractivity (Wildman–Crippen MR) is 85.3 cm³/mol. The molecule has 0 bridgehead atoms. The smallest absolute Gasteiger partial charge is 0.221 e. The molecule has 2 atom stereocenters. The number of benzene rings is 2. The highest BCUT2D eigenvalue weighted by molar-refractivity contribution is 5.78. The molecule has 3 heteroatoms. The van der Waals surface area contributed by atoms with E-state index in [1.54, 1.807) is 0 Å². The quantitative estimate of drug-likeness (QED) is 0.900. The van der Waals surface area contributed by atoms with E-state index < -0.39 is 0 Å². The van der Waals surface area contributed by atoms with Crippen LogP contribution in [0.25, 0.3) is 0 Å². The topological polar surface area (TPSA) is 41.1 Å². The largest absolute Gasteiger partial charge is 0.384 e. The highest BCUT2D eigenvalue weighted by Gasteiger charge is 2.24. The molecule has 2 aromatic carbocycles. The van der Waals surface area contributed by atoms with Gasteiger partial charge >= 0.3 is 0 Å². The van der Waals surface area contributed by atoms with E-state index in [0.717, 1.165) is 17.8 Å². The van der Waals surface area contributed by atoms with Crippen molar-refractivity contribution < 1.29 is 4.79 Å². The summed E-state index contributed by atoms with van der Waals surface area (Å²) in [5, 5.41) is 6.45. The number of hydrogen-bond donors (Lipinski definition) is 2. The number of carbonyl (C=O) groups excluding carboxylic acids is 1. The summed E-state index contributed by atoms with van der Waals surface area (Å²) in [5.74, 6) is 0.374. The molecule has 1 amide bonds. The molecule has 2 N–H and O–H groups in total. The molecule has 0 saturated carbocycles. The van der Waals surface area contributed by atoms with Crippen molar-refractivity contribution in [3.63, 3.8) is 0 Å². The minimum absolute atomic E-state index is 0.0447. The molecule has 21 heavy (non-hydrogen) atoms. The highest BCUT2D eigenvalue weighted by Crippen LogP contribution is 2.33. The zero-order valence-electron chi connectivity index (χ0n) is 12.2. The van der Waals surface area contributed by atoms with Crippen molar-refractivity contribution in [1.29, 1.82) is 0 Å². The van der Waals surface area contributed by atoms with Gasteiger partial charge in [0.25, 0.3) is 0 Å². The van der Waals surface area contributed by atoms with Gasteiger partial charge in [0.1, 0.15) is 0 Å². The standard InChI is InChI=1S/C18H20N2O/c1-13(14-7-3-2-4-8-14)20-18(21)11-15-12-19-17-10-6-5-9-16(15)17/h2-10,13,15,19H,11-12H2,1H3,(H,20,21)/t13-,15?/m1/s1. The Balaban J connectivity index is 1.61. The number of fused-ring (bicyclic) bond motifs is 1. The van der Waals surface area contributed by atoms with Gasteiger partial charge in [0.2, 0.25) is 5.91 Å². The molecular weight excluding hydrogens is 260 g/mol. The second kappa shape index (κ2) is 6.00. The lowest BCUT2D eigenvalue weighted by molar-refractivity contribution is -0.122. The molecule has 0 saturated heterocycles. The van der Waals surface area contributed by atoms with E-state index in [0.29, 0.717) is 6.42 Å². The first kappa shape index (κ1) is 13.7. The summed E-state index contributed by atoms with van der Waals surface area (Å²) in [7, 11) is 0. The first-order chi connectivity index (χ1) is 10.2. The van der Waals surface area contributed by atoms with Crippen LogP contribution in [0, 0.1) is 0 Å². The predicted octanol–water partition coefficient (Wildman–Crippen LogP) is 3.46. The lowest BCUT2D eigenvalue weighted by Gasteiger charge is -2.16. The van der Waals surface area contributed by atoms with E-state index in [2.05, 4.69) is 22.8 Å². The summed E-state index contributed by atoms with van der Waals surface area (Å²) in [5.41, 5.74) is 3.54. The van der Waals surface area contributed by atoms with E-state index in [4.69, 9.17) is 0 Å². The van der Waals surface area contributed by atoms with Crippen molar-refractivity contribution in [2.45, 2.75) is 25.3 Å². The zero-order chi connectivity index (χ0) is 14.7. The zero-order valence-corrected chi connectivity index (χ0v) is 12.2. The molecule has 0 aromatic heterocycles. The third-order valence-corrected chi connectivity index (χ3v) is 4.05. The monoisotopic (exact) mass is 280 g/mol. The van der Waals surface area contributed by atoms with Gasteiger partial charge in [-0.1, -0.05) is 48.5 Å². The molecule has 0 radical (unpaired) electrons. The number of nitrogens with one attached hydrogen (secondary N) is 2. The van der Waals surface area contributed by atoms with Gasteiger partial charge in [0.15, 0.2) is 0 Å². The van der Waals surface area contributed by atoms with Crippen LogP contribution in [0.5, 0.6) is 0 Å². The van der Waals surface area contributed by atoms with E-state index in [9.17, 15) is 4.79 Å². The van der Waals surface area contributed by atoms with Crippen molar-refractivity contribution in [2.24, 2.45) is 0 Å². The molecule has 0 spiro atoms. The summed E-state index contributed by atoms with van der Waals surface area (Å²) < 4.78 is 0. The molecule has 1 aliphatic rings. The minimum atomic E-state index is 0.0447. The fourth-order valence-corrected chi connectivity index (χ4v) is 2.89. The van der Waals surface area contributed by atoms with Crippen LogP contribution < -0.4 is 10.6 Å². The van der Waals surface area contributed by atoms with Crippen molar-refractivity contribution in [2.75, 3.05) is 11.9 Å². The SMILES string of the molecule is C[C@@H](NC(=O)CC1CNc2ccccc21)c1ccccc1. The van der Waals surface area contributed by atoms with E-state index in [1.165, 1.54) is 5.56 Å². The van der Waals surface area contributed by atoms with Crippen LogP contribution >= 0.6 is 0 Å². The fourth-order valence-electron chi connectivity index (χ4n) is 2.89. The summed E-state index contributed by atoms with van der Waals surface area (Å²) in [6, 6.07) is 18.3. The Morgan fingerprint density at radius 2 is 1.90 bits per heavy atom. The van der Waals surface area contributed by atoms with Crippen LogP contribution in [-0.4, -0.2) is 12.5 Å². The summed E-state index contributed by atoms with van der Waals surface area (Å²) in [6.07, 6.45) is 0.529. The number of rotatable bonds is 4. The van der Waals surface area contributed by atoms with Gasteiger partial charge in [-0.3, -0.25) is 4.79 Å². The first-order valence-electron chi connectivity index (χ1n) is 7.41. The Hall–Kier alpha value is -2.29. The third-order valence-electron chi connectivity index (χ3n) is 4.05. The Bertz CT molecular complexity index is 624. The van der Waals surface area contributed by atoms with E-state index in [-0.39, 0.29) is 17.9 Å². The molecule has 108 valence electrons. The Kier molecular flexibility index (Phi) is 3.91. The summed E-state index contributed by atoms with van der Waals surface area (Å²) in [4.78, 5) is 12.3. The lowest BCUT2D eigenvalue weighted by atomic mass is 9.97. The maximum atomic E-state index is 12.3. The first-order valence-corrected chi connectivity index (χ1v) is 7.41. The Morgan fingerprint density at radius 1 is 1.19 bits per heavy atom. The molecule has 1 unspecified atom stereocenters. The van der Waals surface area contributed by atoms with Crippen molar-refractivity contribution in [3.05, 3.63) is 65.7 Å².